The summed E-state index contributed by atoms with van der Waals surface area (Å²) in [4.78, 5) is 0. The van der Waals surface area contributed by atoms with Crippen LogP contribution < -0.4 is 0 Å². The SMILES string of the molecule is CCCOS(=O)(=O)C(F)(F)F. The first-order valence-corrected chi connectivity index (χ1v) is 4.18. The highest BCUT2D eigenvalue weighted by Gasteiger charge is 2.47. The first-order chi connectivity index (χ1) is 4.81. The summed E-state index contributed by atoms with van der Waals surface area (Å²) in [7, 11) is -5.36. The van der Waals surface area contributed by atoms with Gasteiger partial charge in [-0.05, 0) is 6.42 Å². The summed E-state index contributed by atoms with van der Waals surface area (Å²) in [5, 5.41) is 0. The molecule has 0 N–H and O–H groups in total. The van der Waals surface area contributed by atoms with E-state index < -0.39 is 22.2 Å². The lowest BCUT2D eigenvalue weighted by Crippen LogP contribution is -2.25. The first kappa shape index (κ1) is 10.7. The van der Waals surface area contributed by atoms with Crippen LogP contribution in [-0.4, -0.2) is 20.5 Å². The normalized spacial score (nSPS) is 13.5. The van der Waals surface area contributed by atoms with Crippen molar-refractivity contribution in [1.82, 2.24) is 0 Å². The van der Waals surface area contributed by atoms with Crippen molar-refractivity contribution in [2.24, 2.45) is 0 Å². The van der Waals surface area contributed by atoms with Crippen LogP contribution in [0.4, 0.5) is 13.2 Å². The van der Waals surface area contributed by atoms with Gasteiger partial charge in [0.2, 0.25) is 0 Å². The Morgan fingerprint density at radius 1 is 1.36 bits per heavy atom. The van der Waals surface area contributed by atoms with E-state index in [2.05, 4.69) is 4.18 Å². The minimum atomic E-state index is -5.36. The molecule has 0 bridgehead atoms. The zero-order valence-electron chi connectivity index (χ0n) is 5.68. The fourth-order valence-corrected chi connectivity index (χ4v) is 0.780. The Hall–Kier alpha value is -0.300. The van der Waals surface area contributed by atoms with Crippen molar-refractivity contribution in [2.75, 3.05) is 6.61 Å². The van der Waals surface area contributed by atoms with Crippen molar-refractivity contribution in [3.63, 3.8) is 0 Å². The molecule has 0 aliphatic carbocycles. The molecule has 0 heterocycles. The number of alkyl halides is 3. The van der Waals surface area contributed by atoms with E-state index in [1.807, 2.05) is 0 Å². The second kappa shape index (κ2) is 3.40. The van der Waals surface area contributed by atoms with Gasteiger partial charge in [0.15, 0.2) is 0 Å². The van der Waals surface area contributed by atoms with Crippen LogP contribution in [0.3, 0.4) is 0 Å². The maximum atomic E-state index is 11.4. The summed E-state index contributed by atoms with van der Waals surface area (Å²) in [6, 6.07) is 0. The minimum absolute atomic E-state index is 0.218. The maximum Gasteiger partial charge on any atom is 0.523 e. The molecule has 0 aromatic rings. The zero-order valence-corrected chi connectivity index (χ0v) is 6.50. The molecule has 0 fully saturated rings. The average molecular weight is 192 g/mol. The van der Waals surface area contributed by atoms with Crippen molar-refractivity contribution in [1.29, 1.82) is 0 Å². The molecule has 0 radical (unpaired) electrons. The van der Waals surface area contributed by atoms with Crippen LogP contribution in [0.2, 0.25) is 0 Å². The molecule has 0 aromatic heterocycles. The highest BCUT2D eigenvalue weighted by molar-refractivity contribution is 7.87. The number of hydrogen-bond acceptors (Lipinski definition) is 3. The Kier molecular flexibility index (Phi) is 3.30. The van der Waals surface area contributed by atoms with Crippen LogP contribution in [-0.2, 0) is 14.3 Å². The third kappa shape index (κ3) is 3.06. The van der Waals surface area contributed by atoms with E-state index in [0.717, 1.165) is 0 Å². The van der Waals surface area contributed by atoms with Gasteiger partial charge in [-0.15, -0.1) is 0 Å². The minimum Gasteiger partial charge on any atom is -0.263 e. The van der Waals surface area contributed by atoms with Crippen LogP contribution in [0.5, 0.6) is 0 Å². The summed E-state index contributed by atoms with van der Waals surface area (Å²) >= 11 is 0. The Morgan fingerprint density at radius 3 is 2.09 bits per heavy atom. The molecule has 0 saturated carbocycles. The average Bonchev–Trinajstić information content (AvgIpc) is 1.81. The third-order valence-electron chi connectivity index (χ3n) is 0.726. The lowest BCUT2D eigenvalue weighted by Gasteiger charge is -2.06. The predicted molar refractivity (Wildman–Crippen MR) is 31.2 cm³/mol. The van der Waals surface area contributed by atoms with E-state index in [4.69, 9.17) is 0 Å². The maximum absolute atomic E-state index is 11.4. The molecule has 3 nitrogen and oxygen atoms in total. The lowest BCUT2D eigenvalue weighted by molar-refractivity contribution is -0.0541. The standard InChI is InChI=1S/C4H7F3O3S/c1-2-3-10-11(8,9)4(5,6)7/h2-3H2,1H3. The molecule has 0 aromatic carbocycles. The summed E-state index contributed by atoms with van der Waals surface area (Å²) in [5.74, 6) is 0. The van der Waals surface area contributed by atoms with E-state index in [1.165, 1.54) is 6.92 Å². The Bertz CT molecular complexity index is 205. The fourth-order valence-electron chi connectivity index (χ4n) is 0.260. The summed E-state index contributed by atoms with van der Waals surface area (Å²) in [6.07, 6.45) is 0.218. The van der Waals surface area contributed by atoms with Gasteiger partial charge in [-0.2, -0.15) is 21.6 Å². The van der Waals surface area contributed by atoms with E-state index in [1.54, 1.807) is 0 Å². The molecule has 0 aliphatic heterocycles. The number of halogens is 3. The highest BCUT2D eigenvalue weighted by Crippen LogP contribution is 2.24. The van der Waals surface area contributed by atoms with Crippen LogP contribution in [0.15, 0.2) is 0 Å². The van der Waals surface area contributed by atoms with E-state index in [9.17, 15) is 21.6 Å². The van der Waals surface area contributed by atoms with Gasteiger partial charge in [0.25, 0.3) is 0 Å². The molecule has 0 unspecified atom stereocenters. The molecule has 0 atom stereocenters. The molecule has 0 amide bonds. The molecular weight excluding hydrogens is 185 g/mol. The topological polar surface area (TPSA) is 43.4 Å². The van der Waals surface area contributed by atoms with Crippen LogP contribution >= 0.6 is 0 Å². The van der Waals surface area contributed by atoms with E-state index in [0.29, 0.717) is 0 Å². The van der Waals surface area contributed by atoms with Gasteiger partial charge in [-0.3, -0.25) is 4.18 Å². The number of rotatable bonds is 3. The Balaban J connectivity index is 4.26. The van der Waals surface area contributed by atoms with E-state index in [-0.39, 0.29) is 6.42 Å². The van der Waals surface area contributed by atoms with E-state index >= 15 is 0 Å². The second-order valence-corrected chi connectivity index (χ2v) is 3.33. The monoisotopic (exact) mass is 192 g/mol. The largest absolute Gasteiger partial charge is 0.523 e. The molecular formula is C4H7F3O3S. The van der Waals surface area contributed by atoms with Crippen molar-refractivity contribution < 1.29 is 25.8 Å². The molecule has 11 heavy (non-hydrogen) atoms. The molecule has 0 spiro atoms. The molecule has 0 rings (SSSR count). The molecule has 7 heteroatoms. The molecule has 0 saturated heterocycles. The van der Waals surface area contributed by atoms with Crippen molar-refractivity contribution in [2.45, 2.75) is 18.9 Å². The Morgan fingerprint density at radius 2 is 1.82 bits per heavy atom. The lowest BCUT2D eigenvalue weighted by atomic mass is 10.5. The van der Waals surface area contributed by atoms with Gasteiger partial charge in [0.05, 0.1) is 6.61 Å². The van der Waals surface area contributed by atoms with Gasteiger partial charge in [0, 0.05) is 0 Å². The van der Waals surface area contributed by atoms with Gasteiger partial charge in [-0.1, -0.05) is 6.92 Å². The van der Waals surface area contributed by atoms with Crippen LogP contribution in [0, 0.1) is 0 Å². The summed E-state index contributed by atoms with van der Waals surface area (Å²) < 4.78 is 58.0. The van der Waals surface area contributed by atoms with Gasteiger partial charge < -0.3 is 0 Å². The van der Waals surface area contributed by atoms with Crippen molar-refractivity contribution >= 4 is 10.1 Å². The predicted octanol–water partition coefficient (Wildman–Crippen LogP) is 1.26. The number of hydrogen-bond donors (Lipinski definition) is 0. The first-order valence-electron chi connectivity index (χ1n) is 2.77. The molecule has 68 valence electrons. The van der Waals surface area contributed by atoms with Gasteiger partial charge in [0.1, 0.15) is 0 Å². The zero-order chi connectivity index (χ0) is 9.12. The smallest absolute Gasteiger partial charge is 0.263 e. The summed E-state index contributed by atoms with van der Waals surface area (Å²) in [5.41, 5.74) is -5.30. The molecule has 0 aliphatic rings. The highest BCUT2D eigenvalue weighted by atomic mass is 32.2. The van der Waals surface area contributed by atoms with Crippen LogP contribution in [0.1, 0.15) is 13.3 Å². The van der Waals surface area contributed by atoms with Crippen molar-refractivity contribution in [3.05, 3.63) is 0 Å². The third-order valence-corrected chi connectivity index (χ3v) is 1.77. The van der Waals surface area contributed by atoms with Gasteiger partial charge in [-0.25, -0.2) is 0 Å². The van der Waals surface area contributed by atoms with Crippen molar-refractivity contribution in [3.8, 4) is 0 Å². The van der Waals surface area contributed by atoms with Gasteiger partial charge >= 0.3 is 15.6 Å². The summed E-state index contributed by atoms with van der Waals surface area (Å²) in [6.45, 7) is 1.06. The van der Waals surface area contributed by atoms with Crippen LogP contribution in [0.25, 0.3) is 0 Å². The quantitative estimate of drug-likeness (QED) is 0.499. The fraction of sp³-hybridized carbons (Fsp3) is 1.00. The Labute approximate surface area is 62.3 Å². The second-order valence-electron chi connectivity index (χ2n) is 1.72.